The van der Waals surface area contributed by atoms with Crippen molar-refractivity contribution in [3.8, 4) is 11.3 Å². The molecule has 0 fully saturated rings. The number of nitrogens with zero attached hydrogens (tertiary/aromatic N) is 5. The Balaban J connectivity index is 1.38. The van der Waals surface area contributed by atoms with Crippen LogP contribution in [0.4, 0.5) is 5.13 Å². The van der Waals surface area contributed by atoms with Gasteiger partial charge < -0.3 is 10.3 Å². The van der Waals surface area contributed by atoms with Crippen LogP contribution in [0.25, 0.3) is 22.2 Å². The molecule has 1 aromatic carbocycles. The number of aromatic nitrogens is 6. The van der Waals surface area contributed by atoms with E-state index in [1.807, 2.05) is 29.8 Å². The number of rotatable bonds is 6. The molecule has 0 atom stereocenters. The minimum Gasteiger partial charge on any atom is -0.360 e. The normalized spacial score (nSPS) is 11.0. The minimum absolute atomic E-state index is 0.0621. The third-order valence-corrected chi connectivity index (χ3v) is 4.56. The summed E-state index contributed by atoms with van der Waals surface area (Å²) in [5.41, 5.74) is 2.95. The van der Waals surface area contributed by atoms with E-state index in [0.717, 1.165) is 22.2 Å². The molecule has 0 saturated carbocycles. The highest BCUT2D eigenvalue weighted by molar-refractivity contribution is 7.14. The van der Waals surface area contributed by atoms with Gasteiger partial charge in [0.15, 0.2) is 5.13 Å². The molecule has 0 radical (unpaired) electrons. The van der Waals surface area contributed by atoms with E-state index in [-0.39, 0.29) is 5.91 Å². The van der Waals surface area contributed by atoms with Crippen molar-refractivity contribution in [2.45, 2.75) is 19.4 Å². The summed E-state index contributed by atoms with van der Waals surface area (Å²) >= 11 is 1.42. The minimum atomic E-state index is -0.0621. The molecule has 4 aromatic rings. The largest absolute Gasteiger partial charge is 0.360 e. The van der Waals surface area contributed by atoms with Crippen molar-refractivity contribution >= 4 is 33.3 Å². The lowest BCUT2D eigenvalue weighted by atomic mass is 10.1. The summed E-state index contributed by atoms with van der Waals surface area (Å²) in [7, 11) is 0. The second-order valence-corrected chi connectivity index (χ2v) is 6.37. The number of hydrogen-bond donors (Lipinski definition) is 2. The van der Waals surface area contributed by atoms with E-state index in [2.05, 4.69) is 36.9 Å². The first kappa shape index (κ1) is 15.5. The number of benzene rings is 1. The second kappa shape index (κ2) is 6.81. The van der Waals surface area contributed by atoms with E-state index in [4.69, 9.17) is 0 Å². The second-order valence-electron chi connectivity index (χ2n) is 5.51. The molecule has 3 heterocycles. The van der Waals surface area contributed by atoms with Crippen molar-refractivity contribution in [1.82, 2.24) is 30.2 Å². The third kappa shape index (κ3) is 3.41. The van der Waals surface area contributed by atoms with Crippen LogP contribution in [0, 0.1) is 0 Å². The summed E-state index contributed by atoms with van der Waals surface area (Å²) in [4.78, 5) is 19.8. The number of para-hydroxylation sites is 1. The highest BCUT2D eigenvalue weighted by Gasteiger charge is 2.11. The fourth-order valence-electron chi connectivity index (χ4n) is 2.60. The topological polar surface area (TPSA) is 101 Å². The maximum absolute atomic E-state index is 12.0. The first-order valence-electron chi connectivity index (χ1n) is 7.82. The van der Waals surface area contributed by atoms with Gasteiger partial charge in [0.1, 0.15) is 6.33 Å². The van der Waals surface area contributed by atoms with Gasteiger partial charge in [-0.15, -0.1) is 16.4 Å². The molecule has 0 aliphatic carbocycles. The van der Waals surface area contributed by atoms with Gasteiger partial charge in [0.05, 0.1) is 5.69 Å². The van der Waals surface area contributed by atoms with Crippen molar-refractivity contribution in [3.63, 3.8) is 0 Å². The number of thiazole rings is 1. The highest BCUT2D eigenvalue weighted by Crippen LogP contribution is 2.30. The van der Waals surface area contributed by atoms with Crippen LogP contribution < -0.4 is 5.32 Å². The van der Waals surface area contributed by atoms with Gasteiger partial charge in [-0.3, -0.25) is 4.79 Å². The van der Waals surface area contributed by atoms with E-state index < -0.39 is 0 Å². The molecule has 0 unspecified atom stereocenters. The van der Waals surface area contributed by atoms with E-state index in [1.165, 1.54) is 17.7 Å². The Kier molecular flexibility index (Phi) is 4.21. The Labute approximate surface area is 146 Å². The lowest BCUT2D eigenvalue weighted by Crippen LogP contribution is -2.12. The van der Waals surface area contributed by atoms with Crippen LogP contribution in [0.15, 0.2) is 42.2 Å². The van der Waals surface area contributed by atoms with Gasteiger partial charge in [0.2, 0.25) is 5.91 Å². The number of amides is 1. The maximum Gasteiger partial charge on any atom is 0.226 e. The summed E-state index contributed by atoms with van der Waals surface area (Å²) in [6, 6.07) is 8.07. The Morgan fingerprint density at radius 3 is 3.12 bits per heavy atom. The summed E-state index contributed by atoms with van der Waals surface area (Å²) in [6.07, 6.45) is 4.53. The number of carbonyl (C=O) groups is 1. The Bertz CT molecular complexity index is 989. The molecule has 2 N–H and O–H groups in total. The number of fused-ring (bicyclic) bond motifs is 1. The number of hydrogen-bond acceptors (Lipinski definition) is 6. The van der Waals surface area contributed by atoms with E-state index >= 15 is 0 Å². The Hall–Kier alpha value is -3.07. The van der Waals surface area contributed by atoms with Crippen LogP contribution in [-0.2, 0) is 11.3 Å². The van der Waals surface area contributed by atoms with Crippen molar-refractivity contribution in [2.24, 2.45) is 0 Å². The number of anilines is 1. The average Bonchev–Trinajstić information content (AvgIpc) is 3.35. The van der Waals surface area contributed by atoms with Crippen molar-refractivity contribution < 1.29 is 4.79 Å². The quantitative estimate of drug-likeness (QED) is 0.555. The molecule has 0 bridgehead atoms. The molecule has 25 heavy (non-hydrogen) atoms. The first-order chi connectivity index (χ1) is 12.3. The Morgan fingerprint density at radius 1 is 1.32 bits per heavy atom. The molecule has 0 aliphatic heterocycles. The van der Waals surface area contributed by atoms with Gasteiger partial charge in [0.25, 0.3) is 0 Å². The van der Waals surface area contributed by atoms with Crippen molar-refractivity contribution in [1.29, 1.82) is 0 Å². The van der Waals surface area contributed by atoms with Gasteiger partial charge in [-0.2, -0.15) is 0 Å². The van der Waals surface area contributed by atoms with E-state index in [1.54, 1.807) is 4.68 Å². The number of aryl methyl sites for hydroxylation is 1. The molecule has 0 saturated heterocycles. The highest BCUT2D eigenvalue weighted by atomic mass is 32.1. The first-order valence-corrected chi connectivity index (χ1v) is 8.70. The number of H-pyrrole nitrogens is 1. The predicted octanol–water partition coefficient (Wildman–Crippen LogP) is 2.70. The average molecular weight is 353 g/mol. The predicted molar refractivity (Wildman–Crippen MR) is 95.1 cm³/mol. The Morgan fingerprint density at radius 2 is 2.24 bits per heavy atom. The molecule has 4 rings (SSSR count). The summed E-state index contributed by atoms with van der Waals surface area (Å²) in [5, 5.41) is 17.4. The lowest BCUT2D eigenvalue weighted by Gasteiger charge is -2.01. The van der Waals surface area contributed by atoms with Crippen LogP contribution in [0.1, 0.15) is 12.8 Å². The molecule has 0 spiro atoms. The number of carbonyl (C=O) groups excluding carboxylic acids is 1. The van der Waals surface area contributed by atoms with Gasteiger partial charge in [-0.25, -0.2) is 9.67 Å². The van der Waals surface area contributed by atoms with E-state index in [0.29, 0.717) is 24.5 Å². The molecule has 1 amide bonds. The molecule has 3 aromatic heterocycles. The summed E-state index contributed by atoms with van der Waals surface area (Å²) in [6.45, 7) is 0.610. The van der Waals surface area contributed by atoms with Gasteiger partial charge in [-0.05, 0) is 22.9 Å². The standard InChI is InChI=1S/C16H15N7OS/c24-15(6-3-7-23-10-18-21-22-23)20-16-19-14(9-25-16)12-8-17-13-5-2-1-4-11(12)13/h1-2,4-5,8-10,17H,3,6-7H2,(H,19,20,24). The molecule has 8 nitrogen and oxygen atoms in total. The molecule has 0 aliphatic rings. The zero-order valence-electron chi connectivity index (χ0n) is 13.2. The fourth-order valence-corrected chi connectivity index (χ4v) is 3.33. The zero-order chi connectivity index (χ0) is 17.1. The van der Waals surface area contributed by atoms with E-state index in [9.17, 15) is 4.79 Å². The number of aromatic amines is 1. The van der Waals surface area contributed by atoms with Gasteiger partial charge in [-0.1, -0.05) is 18.2 Å². The van der Waals surface area contributed by atoms with Crippen LogP contribution in [0.5, 0.6) is 0 Å². The van der Waals surface area contributed by atoms with Crippen LogP contribution in [-0.4, -0.2) is 36.1 Å². The molecular weight excluding hydrogens is 338 g/mol. The van der Waals surface area contributed by atoms with Gasteiger partial charge in [0, 0.05) is 41.0 Å². The maximum atomic E-state index is 12.0. The summed E-state index contributed by atoms with van der Waals surface area (Å²) < 4.78 is 1.60. The number of tetrazole rings is 1. The zero-order valence-corrected chi connectivity index (χ0v) is 14.0. The van der Waals surface area contributed by atoms with Crippen LogP contribution >= 0.6 is 11.3 Å². The van der Waals surface area contributed by atoms with Crippen LogP contribution in [0.3, 0.4) is 0 Å². The van der Waals surface area contributed by atoms with Crippen LogP contribution in [0.2, 0.25) is 0 Å². The fraction of sp³-hybridized carbons (Fsp3) is 0.188. The molecular formula is C16H15N7OS. The lowest BCUT2D eigenvalue weighted by molar-refractivity contribution is -0.116. The molecule has 126 valence electrons. The monoisotopic (exact) mass is 353 g/mol. The molecule has 9 heteroatoms. The number of nitrogens with one attached hydrogen (secondary N) is 2. The van der Waals surface area contributed by atoms with Gasteiger partial charge >= 0.3 is 0 Å². The smallest absolute Gasteiger partial charge is 0.226 e. The van der Waals surface area contributed by atoms with Crippen molar-refractivity contribution in [2.75, 3.05) is 5.32 Å². The third-order valence-electron chi connectivity index (χ3n) is 3.80. The summed E-state index contributed by atoms with van der Waals surface area (Å²) in [5.74, 6) is -0.0621. The van der Waals surface area contributed by atoms with Crippen molar-refractivity contribution in [3.05, 3.63) is 42.2 Å². The SMILES string of the molecule is O=C(CCCn1cnnn1)Nc1nc(-c2c[nH]c3ccccc23)cs1.